The molecule has 2 aromatic rings. The van der Waals surface area contributed by atoms with E-state index in [4.69, 9.17) is 27.3 Å². The molecule has 2 N–H and O–H groups in total. The van der Waals surface area contributed by atoms with Crippen LogP contribution in [0, 0.1) is 11.3 Å². The van der Waals surface area contributed by atoms with Gasteiger partial charge in [-0.1, -0.05) is 11.6 Å². The van der Waals surface area contributed by atoms with Crippen molar-refractivity contribution in [3.63, 3.8) is 0 Å². The van der Waals surface area contributed by atoms with Gasteiger partial charge in [-0.25, -0.2) is 0 Å². The summed E-state index contributed by atoms with van der Waals surface area (Å²) in [4.78, 5) is 3.85. The van der Waals surface area contributed by atoms with E-state index in [2.05, 4.69) is 4.98 Å². The van der Waals surface area contributed by atoms with Gasteiger partial charge in [0.25, 0.3) is 0 Å². The second kappa shape index (κ2) is 4.73. The van der Waals surface area contributed by atoms with Gasteiger partial charge < -0.3 is 10.5 Å². The van der Waals surface area contributed by atoms with Crippen molar-refractivity contribution in [2.24, 2.45) is 0 Å². The molecule has 4 nitrogen and oxygen atoms in total. The van der Waals surface area contributed by atoms with Crippen LogP contribution in [0.1, 0.15) is 5.56 Å². The summed E-state index contributed by atoms with van der Waals surface area (Å²) >= 11 is 5.90. The minimum atomic E-state index is 0.386. The topological polar surface area (TPSA) is 71.9 Å². The van der Waals surface area contributed by atoms with Gasteiger partial charge in [-0.2, -0.15) is 5.26 Å². The van der Waals surface area contributed by atoms with E-state index in [1.165, 1.54) is 6.20 Å². The maximum absolute atomic E-state index is 8.71. The van der Waals surface area contributed by atoms with Crippen LogP contribution in [0.25, 0.3) is 0 Å². The highest BCUT2D eigenvalue weighted by Gasteiger charge is 2.06. The van der Waals surface area contributed by atoms with Crippen LogP contribution in [-0.4, -0.2) is 4.98 Å². The van der Waals surface area contributed by atoms with Gasteiger partial charge in [-0.05, 0) is 18.2 Å². The third-order valence-corrected chi connectivity index (χ3v) is 2.38. The number of hydrogen-bond donors (Lipinski definition) is 1. The van der Waals surface area contributed by atoms with Gasteiger partial charge in [-0.3, -0.25) is 4.98 Å². The first kappa shape index (κ1) is 11.2. The molecule has 2 rings (SSSR count). The number of halogens is 1. The van der Waals surface area contributed by atoms with Gasteiger partial charge in [0.15, 0.2) is 0 Å². The lowest BCUT2D eigenvalue weighted by Gasteiger charge is -2.09. The summed E-state index contributed by atoms with van der Waals surface area (Å²) in [5, 5.41) is 9.11. The molecule has 84 valence electrons. The summed E-state index contributed by atoms with van der Waals surface area (Å²) < 4.78 is 5.53. The van der Waals surface area contributed by atoms with Crippen molar-refractivity contribution in [3.8, 4) is 17.6 Å². The number of benzene rings is 1. The van der Waals surface area contributed by atoms with Gasteiger partial charge >= 0.3 is 0 Å². The summed E-state index contributed by atoms with van der Waals surface area (Å²) in [6.45, 7) is 0. The minimum Gasteiger partial charge on any atom is -0.454 e. The maximum atomic E-state index is 8.71. The molecule has 0 spiro atoms. The predicted octanol–water partition coefficient (Wildman–Crippen LogP) is 2.98. The van der Waals surface area contributed by atoms with E-state index in [-0.39, 0.29) is 0 Å². The maximum Gasteiger partial charge on any atom is 0.150 e. The van der Waals surface area contributed by atoms with Gasteiger partial charge in [0.1, 0.15) is 16.5 Å². The number of nitrogens with zero attached hydrogens (tertiary/aromatic N) is 2. The number of hydrogen-bond acceptors (Lipinski definition) is 4. The van der Waals surface area contributed by atoms with Crippen molar-refractivity contribution in [2.75, 3.05) is 5.73 Å². The molecule has 0 amide bonds. The van der Waals surface area contributed by atoms with Gasteiger partial charge in [0, 0.05) is 18.5 Å². The minimum absolute atomic E-state index is 0.386. The summed E-state index contributed by atoms with van der Waals surface area (Å²) in [7, 11) is 0. The van der Waals surface area contributed by atoms with Crippen molar-refractivity contribution in [1.29, 1.82) is 5.26 Å². The number of nitriles is 1. The summed E-state index contributed by atoms with van der Waals surface area (Å²) in [6.07, 6.45) is 3.05. The van der Waals surface area contributed by atoms with Crippen molar-refractivity contribution < 1.29 is 4.74 Å². The summed E-state index contributed by atoms with van der Waals surface area (Å²) in [6, 6.07) is 8.44. The Morgan fingerprint density at radius 3 is 2.76 bits per heavy atom. The fourth-order valence-electron chi connectivity index (χ4n) is 1.27. The lowest BCUT2D eigenvalue weighted by molar-refractivity contribution is 0.484. The fraction of sp³-hybridized carbons (Fsp3) is 0. The van der Waals surface area contributed by atoms with Crippen molar-refractivity contribution in [3.05, 3.63) is 47.2 Å². The average molecular weight is 246 g/mol. The zero-order chi connectivity index (χ0) is 12.3. The third-order valence-electron chi connectivity index (χ3n) is 2.09. The zero-order valence-corrected chi connectivity index (χ0v) is 9.48. The molecule has 0 bridgehead atoms. The highest BCUT2D eigenvalue weighted by atomic mass is 35.5. The molecule has 0 aliphatic rings. The lowest BCUT2D eigenvalue weighted by atomic mass is 10.2. The molecule has 0 fully saturated rings. The number of rotatable bonds is 2. The summed E-state index contributed by atoms with van der Waals surface area (Å²) in [5.74, 6) is 0.926. The molecule has 1 heterocycles. The second-order valence-electron chi connectivity index (χ2n) is 3.27. The normalized spacial score (nSPS) is 9.65. The van der Waals surface area contributed by atoms with E-state index in [1.54, 1.807) is 30.5 Å². The number of nitrogens with two attached hydrogens (primary N) is 1. The Morgan fingerprint density at radius 1 is 1.29 bits per heavy atom. The Hall–Kier alpha value is -2.25. The van der Waals surface area contributed by atoms with E-state index in [1.807, 2.05) is 6.07 Å². The van der Waals surface area contributed by atoms with E-state index < -0.39 is 0 Å². The average Bonchev–Trinajstić information content (AvgIpc) is 2.34. The molecule has 1 aromatic carbocycles. The van der Waals surface area contributed by atoms with E-state index in [0.29, 0.717) is 27.8 Å². The van der Waals surface area contributed by atoms with Gasteiger partial charge in [0.05, 0.1) is 17.3 Å². The van der Waals surface area contributed by atoms with Crippen molar-refractivity contribution in [1.82, 2.24) is 4.98 Å². The zero-order valence-electron chi connectivity index (χ0n) is 8.72. The number of pyridine rings is 1. The van der Waals surface area contributed by atoms with Crippen LogP contribution >= 0.6 is 11.6 Å². The Morgan fingerprint density at radius 2 is 2.12 bits per heavy atom. The van der Waals surface area contributed by atoms with Crippen LogP contribution in [0.15, 0.2) is 36.7 Å². The molecule has 0 aliphatic carbocycles. The molecule has 0 unspecified atom stereocenters. The van der Waals surface area contributed by atoms with Crippen LogP contribution in [0.4, 0.5) is 5.69 Å². The van der Waals surface area contributed by atoms with Crippen molar-refractivity contribution >= 4 is 17.3 Å². The Labute approximate surface area is 103 Å². The van der Waals surface area contributed by atoms with E-state index in [9.17, 15) is 0 Å². The molecular formula is C12H8ClN3O. The quantitative estimate of drug-likeness (QED) is 0.826. The molecule has 5 heteroatoms. The highest BCUT2D eigenvalue weighted by Crippen LogP contribution is 2.31. The number of nitrogen functional groups attached to an aromatic ring is 1. The second-order valence-corrected chi connectivity index (χ2v) is 3.68. The monoisotopic (exact) mass is 245 g/mol. The fourth-order valence-corrected chi connectivity index (χ4v) is 1.43. The first-order chi connectivity index (χ1) is 8.20. The molecule has 0 aliphatic heterocycles. The smallest absolute Gasteiger partial charge is 0.150 e. The van der Waals surface area contributed by atoms with E-state index >= 15 is 0 Å². The summed E-state index contributed by atoms with van der Waals surface area (Å²) in [5.41, 5.74) is 6.63. The molecule has 0 saturated heterocycles. The third kappa shape index (κ3) is 2.47. The molecule has 1 aromatic heterocycles. The lowest BCUT2D eigenvalue weighted by Crippen LogP contribution is -1.93. The van der Waals surface area contributed by atoms with E-state index in [0.717, 1.165) is 0 Å². The van der Waals surface area contributed by atoms with Crippen LogP contribution < -0.4 is 10.5 Å². The molecule has 0 saturated carbocycles. The number of anilines is 1. The molecule has 0 atom stereocenters. The SMILES string of the molecule is N#Cc1ccc(Oc2ccncc2Cl)c(N)c1. The first-order valence-electron chi connectivity index (χ1n) is 4.77. The number of aromatic nitrogens is 1. The van der Waals surface area contributed by atoms with Gasteiger partial charge in [0.2, 0.25) is 0 Å². The largest absolute Gasteiger partial charge is 0.454 e. The standard InChI is InChI=1S/C12H8ClN3O/c13-9-7-16-4-3-11(9)17-12-2-1-8(6-14)5-10(12)15/h1-5,7H,15H2. The number of ether oxygens (including phenoxy) is 1. The van der Waals surface area contributed by atoms with Gasteiger partial charge in [-0.15, -0.1) is 0 Å². The molecular weight excluding hydrogens is 238 g/mol. The molecule has 0 radical (unpaired) electrons. The highest BCUT2D eigenvalue weighted by molar-refractivity contribution is 6.31. The van der Waals surface area contributed by atoms with Crippen LogP contribution in [0.3, 0.4) is 0 Å². The van der Waals surface area contributed by atoms with Crippen LogP contribution in [-0.2, 0) is 0 Å². The Balaban J connectivity index is 2.32. The first-order valence-corrected chi connectivity index (χ1v) is 5.15. The Bertz CT molecular complexity index is 593. The van der Waals surface area contributed by atoms with Crippen LogP contribution in [0.5, 0.6) is 11.5 Å². The van der Waals surface area contributed by atoms with Crippen molar-refractivity contribution in [2.45, 2.75) is 0 Å². The predicted molar refractivity (Wildman–Crippen MR) is 64.9 cm³/mol. The Kier molecular flexibility index (Phi) is 3.12. The molecule has 17 heavy (non-hydrogen) atoms. The van der Waals surface area contributed by atoms with Crippen LogP contribution in [0.2, 0.25) is 5.02 Å².